The number of alkyl halides is 3. The van der Waals surface area contributed by atoms with Gasteiger partial charge in [0, 0.05) is 11.8 Å². The number of nitrogens with two attached hydrogens (primary N) is 1. The van der Waals surface area contributed by atoms with Gasteiger partial charge in [-0.15, -0.1) is 0 Å². The van der Waals surface area contributed by atoms with Crippen LogP contribution in [0.25, 0.3) is 0 Å². The normalized spacial score (nSPS) is 15.1. The SMILES string of the molecule is C/C(N)=C\C(=O)OC(C)CC(F)(F)F. The van der Waals surface area contributed by atoms with Gasteiger partial charge in [0.2, 0.25) is 0 Å². The van der Waals surface area contributed by atoms with Gasteiger partial charge in [-0.3, -0.25) is 0 Å². The molecule has 0 saturated heterocycles. The summed E-state index contributed by atoms with van der Waals surface area (Å²) in [6.45, 7) is 2.61. The third-order valence-electron chi connectivity index (χ3n) is 1.18. The molecule has 0 aromatic carbocycles. The van der Waals surface area contributed by atoms with E-state index in [1.54, 1.807) is 0 Å². The summed E-state index contributed by atoms with van der Waals surface area (Å²) >= 11 is 0. The van der Waals surface area contributed by atoms with Crippen LogP contribution in [0.3, 0.4) is 0 Å². The molecule has 0 aliphatic rings. The van der Waals surface area contributed by atoms with E-state index < -0.39 is 24.7 Å². The number of allylic oxidation sites excluding steroid dienone is 1. The first-order chi connectivity index (χ1) is 6.20. The average Bonchev–Trinajstić information content (AvgIpc) is 1.77. The van der Waals surface area contributed by atoms with Crippen LogP contribution in [-0.4, -0.2) is 18.2 Å². The average molecular weight is 211 g/mol. The number of rotatable bonds is 3. The topological polar surface area (TPSA) is 52.3 Å². The van der Waals surface area contributed by atoms with E-state index in [9.17, 15) is 18.0 Å². The molecule has 0 bridgehead atoms. The van der Waals surface area contributed by atoms with Gasteiger partial charge in [-0.25, -0.2) is 4.79 Å². The smallest absolute Gasteiger partial charge is 0.392 e. The van der Waals surface area contributed by atoms with Gasteiger partial charge in [-0.1, -0.05) is 0 Å². The third kappa shape index (κ3) is 7.45. The Labute approximate surface area is 79.7 Å². The highest BCUT2D eigenvalue weighted by molar-refractivity contribution is 5.82. The van der Waals surface area contributed by atoms with Crippen molar-refractivity contribution in [2.75, 3.05) is 0 Å². The minimum atomic E-state index is -4.33. The highest BCUT2D eigenvalue weighted by Gasteiger charge is 2.31. The zero-order valence-electron chi connectivity index (χ0n) is 7.89. The Kier molecular flexibility index (Phi) is 4.46. The minimum Gasteiger partial charge on any atom is -0.459 e. The van der Waals surface area contributed by atoms with Crippen molar-refractivity contribution in [3.63, 3.8) is 0 Å². The molecule has 0 aliphatic carbocycles. The van der Waals surface area contributed by atoms with Crippen molar-refractivity contribution in [2.45, 2.75) is 32.5 Å². The predicted octanol–water partition coefficient (Wildman–Crippen LogP) is 1.73. The Hall–Kier alpha value is -1.20. The molecular formula is C8H12F3NO2. The van der Waals surface area contributed by atoms with Crippen LogP contribution in [-0.2, 0) is 9.53 Å². The fraction of sp³-hybridized carbons (Fsp3) is 0.625. The lowest BCUT2D eigenvalue weighted by Gasteiger charge is -2.13. The third-order valence-corrected chi connectivity index (χ3v) is 1.18. The van der Waals surface area contributed by atoms with Crippen molar-refractivity contribution in [3.05, 3.63) is 11.8 Å². The zero-order chi connectivity index (χ0) is 11.4. The van der Waals surface area contributed by atoms with E-state index in [-0.39, 0.29) is 5.70 Å². The Morgan fingerprint density at radius 2 is 2.07 bits per heavy atom. The largest absolute Gasteiger partial charge is 0.459 e. The second-order valence-electron chi connectivity index (χ2n) is 2.96. The molecule has 14 heavy (non-hydrogen) atoms. The molecule has 0 rings (SSSR count). The standard InChI is InChI=1S/C8H12F3NO2/c1-5(12)3-7(13)14-6(2)4-8(9,10)11/h3,6H,4,12H2,1-2H3/b5-3+. The Morgan fingerprint density at radius 1 is 1.57 bits per heavy atom. The molecule has 3 nitrogen and oxygen atoms in total. The molecular weight excluding hydrogens is 199 g/mol. The lowest BCUT2D eigenvalue weighted by molar-refractivity contribution is -0.167. The van der Waals surface area contributed by atoms with Crippen LogP contribution < -0.4 is 5.73 Å². The summed E-state index contributed by atoms with van der Waals surface area (Å²) in [7, 11) is 0. The van der Waals surface area contributed by atoms with Crippen LogP contribution in [0.15, 0.2) is 11.8 Å². The van der Waals surface area contributed by atoms with Crippen LogP contribution >= 0.6 is 0 Å². The Morgan fingerprint density at radius 3 is 2.43 bits per heavy atom. The van der Waals surface area contributed by atoms with Crippen LogP contribution in [0.2, 0.25) is 0 Å². The van der Waals surface area contributed by atoms with Crippen molar-refractivity contribution < 1.29 is 22.7 Å². The molecule has 0 aliphatic heterocycles. The van der Waals surface area contributed by atoms with Crippen molar-refractivity contribution in [2.24, 2.45) is 5.73 Å². The fourth-order valence-electron chi connectivity index (χ4n) is 0.786. The molecule has 1 unspecified atom stereocenters. The molecule has 82 valence electrons. The fourth-order valence-corrected chi connectivity index (χ4v) is 0.786. The van der Waals surface area contributed by atoms with Gasteiger partial charge in [0.15, 0.2) is 0 Å². The number of carbonyl (C=O) groups excluding carboxylic acids is 1. The van der Waals surface area contributed by atoms with Gasteiger partial charge in [-0.05, 0) is 13.8 Å². The van der Waals surface area contributed by atoms with Gasteiger partial charge >= 0.3 is 12.1 Å². The second kappa shape index (κ2) is 4.88. The van der Waals surface area contributed by atoms with Crippen LogP contribution in [0.1, 0.15) is 20.3 Å². The predicted molar refractivity (Wildman–Crippen MR) is 44.2 cm³/mol. The maximum Gasteiger partial charge on any atom is 0.392 e. The first-order valence-corrected chi connectivity index (χ1v) is 3.92. The highest BCUT2D eigenvalue weighted by atomic mass is 19.4. The van der Waals surface area contributed by atoms with E-state index in [0.717, 1.165) is 6.08 Å². The molecule has 0 spiro atoms. The van der Waals surface area contributed by atoms with Crippen molar-refractivity contribution in [1.82, 2.24) is 0 Å². The summed E-state index contributed by atoms with van der Waals surface area (Å²) < 4.78 is 39.8. The summed E-state index contributed by atoms with van der Waals surface area (Å²) in [6, 6.07) is 0. The number of hydrogen-bond donors (Lipinski definition) is 1. The maximum atomic E-state index is 11.8. The summed E-state index contributed by atoms with van der Waals surface area (Å²) in [5, 5.41) is 0. The highest BCUT2D eigenvalue weighted by Crippen LogP contribution is 2.22. The molecule has 0 fully saturated rings. The van der Waals surface area contributed by atoms with Crippen LogP contribution in [0.4, 0.5) is 13.2 Å². The van der Waals surface area contributed by atoms with E-state index in [0.29, 0.717) is 0 Å². The Balaban J connectivity index is 4.02. The van der Waals surface area contributed by atoms with Crippen molar-refractivity contribution in [1.29, 1.82) is 0 Å². The van der Waals surface area contributed by atoms with Gasteiger partial charge in [0.1, 0.15) is 6.10 Å². The molecule has 0 heterocycles. The summed E-state index contributed by atoms with van der Waals surface area (Å²) in [5.41, 5.74) is 5.32. The van der Waals surface area contributed by atoms with Gasteiger partial charge in [0.25, 0.3) is 0 Å². The van der Waals surface area contributed by atoms with Gasteiger partial charge < -0.3 is 10.5 Å². The minimum absolute atomic E-state index is 0.189. The van der Waals surface area contributed by atoms with E-state index in [1.165, 1.54) is 13.8 Å². The lowest BCUT2D eigenvalue weighted by Crippen LogP contribution is -2.22. The number of carbonyl (C=O) groups is 1. The van der Waals surface area contributed by atoms with Crippen molar-refractivity contribution in [3.8, 4) is 0 Å². The number of ether oxygens (including phenoxy) is 1. The first-order valence-electron chi connectivity index (χ1n) is 3.92. The molecule has 6 heteroatoms. The van der Waals surface area contributed by atoms with E-state index in [1.807, 2.05) is 0 Å². The Bertz CT molecular complexity index is 231. The summed E-state index contributed by atoms with van der Waals surface area (Å²) in [6.07, 6.45) is -5.75. The maximum absolute atomic E-state index is 11.8. The summed E-state index contributed by atoms with van der Waals surface area (Å²) in [5.74, 6) is -0.859. The van der Waals surface area contributed by atoms with Crippen LogP contribution in [0.5, 0.6) is 0 Å². The monoisotopic (exact) mass is 211 g/mol. The molecule has 0 aromatic heterocycles. The first kappa shape index (κ1) is 12.8. The quantitative estimate of drug-likeness (QED) is 0.571. The molecule has 0 saturated carbocycles. The molecule has 1 atom stereocenters. The second-order valence-corrected chi connectivity index (χ2v) is 2.96. The number of hydrogen-bond acceptors (Lipinski definition) is 3. The lowest BCUT2D eigenvalue weighted by atomic mass is 10.3. The molecule has 2 N–H and O–H groups in total. The van der Waals surface area contributed by atoms with Gasteiger partial charge in [0.05, 0.1) is 6.42 Å². The van der Waals surface area contributed by atoms with E-state index in [4.69, 9.17) is 5.73 Å². The number of esters is 1. The zero-order valence-corrected chi connectivity index (χ0v) is 7.89. The molecule has 0 aromatic rings. The van der Waals surface area contributed by atoms with Crippen molar-refractivity contribution >= 4 is 5.97 Å². The van der Waals surface area contributed by atoms with E-state index in [2.05, 4.69) is 4.74 Å². The van der Waals surface area contributed by atoms with E-state index >= 15 is 0 Å². The molecule has 0 radical (unpaired) electrons. The number of halogens is 3. The van der Waals surface area contributed by atoms with Crippen LogP contribution in [0, 0.1) is 0 Å². The van der Waals surface area contributed by atoms with Gasteiger partial charge in [-0.2, -0.15) is 13.2 Å². The molecule has 0 amide bonds. The summed E-state index contributed by atoms with van der Waals surface area (Å²) in [4.78, 5) is 10.8.